The molecule has 0 aromatic rings. The van der Waals surface area contributed by atoms with Crippen LogP contribution in [0.5, 0.6) is 0 Å². The molecule has 0 saturated carbocycles. The molecule has 0 bridgehead atoms. The number of hydrogen-bond donors (Lipinski definition) is 3. The Morgan fingerprint density at radius 1 is 0.462 bits per heavy atom. The number of amides is 1. The summed E-state index contributed by atoms with van der Waals surface area (Å²) in [5.74, 6) is -0.138. The predicted molar refractivity (Wildman–Crippen MR) is 282 cm³/mol. The maximum atomic E-state index is 12.9. The molecule has 1 amide bonds. The Bertz CT molecular complexity index is 1030. The van der Waals surface area contributed by atoms with Crippen molar-refractivity contribution in [2.75, 3.05) is 40.9 Å². The van der Waals surface area contributed by atoms with Gasteiger partial charge in [-0.25, -0.2) is 4.57 Å². The van der Waals surface area contributed by atoms with Crippen molar-refractivity contribution >= 4 is 13.7 Å². The van der Waals surface area contributed by atoms with Crippen LogP contribution in [0.25, 0.3) is 0 Å². The summed E-state index contributed by atoms with van der Waals surface area (Å²) in [6, 6.07) is -0.753. The molecule has 0 saturated heterocycles. The second-order valence-electron chi connectivity index (χ2n) is 21.4. The fourth-order valence-corrected chi connectivity index (χ4v) is 9.79. The molecule has 0 aliphatic rings. The second-order valence-corrected chi connectivity index (χ2v) is 22.8. The third kappa shape index (κ3) is 51.2. The van der Waals surface area contributed by atoms with Crippen molar-refractivity contribution in [3.8, 4) is 0 Å². The molecule has 3 N–H and O–H groups in total. The fraction of sp³-hybridized carbons (Fsp3) is 0.982. The molecule has 0 aromatic carbocycles. The van der Waals surface area contributed by atoms with Crippen LogP contribution in [0.4, 0.5) is 0 Å². The van der Waals surface area contributed by atoms with Crippen molar-refractivity contribution in [1.29, 1.82) is 0 Å². The van der Waals surface area contributed by atoms with Crippen LogP contribution in [-0.4, -0.2) is 73.4 Å². The van der Waals surface area contributed by atoms with E-state index < -0.39 is 20.0 Å². The van der Waals surface area contributed by atoms with Crippen LogP contribution in [0.3, 0.4) is 0 Å². The number of unbranched alkanes of at least 4 members (excludes halogenated alkanes) is 41. The molecule has 9 heteroatoms. The quantitative estimate of drug-likeness (QED) is 0.0319. The van der Waals surface area contributed by atoms with Crippen LogP contribution in [0.15, 0.2) is 0 Å². The molecule has 8 nitrogen and oxygen atoms in total. The average Bonchev–Trinajstić information content (AvgIpc) is 3.26. The number of aliphatic hydroxyl groups excluding tert-OH is 1. The third-order valence-electron chi connectivity index (χ3n) is 13.6. The van der Waals surface area contributed by atoms with E-state index in [4.69, 9.17) is 9.05 Å². The van der Waals surface area contributed by atoms with Gasteiger partial charge in [0.2, 0.25) is 5.91 Å². The van der Waals surface area contributed by atoms with Crippen molar-refractivity contribution in [3.05, 3.63) is 0 Å². The van der Waals surface area contributed by atoms with Crippen molar-refractivity contribution in [2.45, 2.75) is 315 Å². The van der Waals surface area contributed by atoms with Crippen molar-refractivity contribution in [2.24, 2.45) is 0 Å². The Morgan fingerprint density at radius 3 is 1.03 bits per heavy atom. The lowest BCUT2D eigenvalue weighted by Crippen LogP contribution is -2.46. The van der Waals surface area contributed by atoms with E-state index in [0.717, 1.165) is 38.5 Å². The Balaban J connectivity index is 3.89. The van der Waals surface area contributed by atoms with Crippen LogP contribution in [0, 0.1) is 0 Å². The summed E-state index contributed by atoms with van der Waals surface area (Å²) in [5.41, 5.74) is 0. The largest absolute Gasteiger partial charge is 0.472 e. The van der Waals surface area contributed by atoms with Gasteiger partial charge in [-0.2, -0.15) is 0 Å². The van der Waals surface area contributed by atoms with Gasteiger partial charge in [0, 0.05) is 6.42 Å². The number of aliphatic hydroxyl groups is 1. The van der Waals surface area contributed by atoms with E-state index in [-0.39, 0.29) is 19.1 Å². The highest BCUT2D eigenvalue weighted by atomic mass is 31.2. The fourth-order valence-electron chi connectivity index (χ4n) is 9.05. The normalized spacial score (nSPS) is 13.9. The molecular weight excluding hydrogens is 828 g/mol. The SMILES string of the molecule is CCCCCCCCCCCCCCCCCCCCCCCCCCCCCCCCCCC(=O)N[C@@H](COP(=O)(O)OCC[N+](C)(C)C)[C@H](O)CCCCCCCCCCCCC. The van der Waals surface area contributed by atoms with Gasteiger partial charge in [-0.15, -0.1) is 0 Å². The highest BCUT2D eigenvalue weighted by molar-refractivity contribution is 7.47. The smallest absolute Gasteiger partial charge is 0.391 e. The molecule has 0 aliphatic heterocycles. The lowest BCUT2D eigenvalue weighted by Gasteiger charge is -2.26. The Labute approximate surface area is 406 Å². The van der Waals surface area contributed by atoms with Crippen LogP contribution < -0.4 is 5.32 Å². The van der Waals surface area contributed by atoms with Gasteiger partial charge in [-0.05, 0) is 12.8 Å². The monoisotopic (exact) mass is 944 g/mol. The molecule has 1 unspecified atom stereocenters. The number of quaternary nitrogens is 1. The van der Waals surface area contributed by atoms with Gasteiger partial charge >= 0.3 is 7.82 Å². The summed E-state index contributed by atoms with van der Waals surface area (Å²) in [5, 5.41) is 14.0. The maximum absolute atomic E-state index is 12.9. The number of carbonyl (C=O) groups is 1. The van der Waals surface area contributed by atoms with E-state index in [1.165, 1.54) is 238 Å². The molecule has 0 heterocycles. The molecular formula is C56H116N2O6P+. The lowest BCUT2D eigenvalue weighted by atomic mass is 10.0. The van der Waals surface area contributed by atoms with Gasteiger partial charge in [-0.3, -0.25) is 13.8 Å². The van der Waals surface area contributed by atoms with E-state index in [0.29, 0.717) is 23.9 Å². The minimum absolute atomic E-state index is 0.0787. The van der Waals surface area contributed by atoms with Crippen molar-refractivity contribution < 1.29 is 32.9 Å². The predicted octanol–water partition coefficient (Wildman–Crippen LogP) is 17.3. The molecule has 0 radical (unpaired) electrons. The molecule has 65 heavy (non-hydrogen) atoms. The molecule has 0 rings (SSSR count). The molecule has 0 aliphatic carbocycles. The standard InChI is InChI=1S/C56H115N2O6P/c1-6-8-10-12-14-16-18-19-20-21-22-23-24-25-26-27-28-29-30-31-32-33-34-35-36-37-38-40-42-44-46-48-50-56(60)57-54(53-64-65(61,62)63-52-51-58(3,4)5)55(59)49-47-45-43-41-39-17-15-13-11-9-7-2/h54-55,59H,6-53H2,1-5H3,(H-,57,60,61,62)/p+1/t54-,55+/m0/s1. The minimum atomic E-state index is -4.31. The van der Waals surface area contributed by atoms with Gasteiger partial charge in [0.05, 0.1) is 39.9 Å². The van der Waals surface area contributed by atoms with E-state index in [9.17, 15) is 19.4 Å². The topological polar surface area (TPSA) is 105 Å². The summed E-state index contributed by atoms with van der Waals surface area (Å²) >= 11 is 0. The zero-order valence-corrected chi connectivity index (χ0v) is 45.4. The van der Waals surface area contributed by atoms with Crippen LogP contribution in [0.1, 0.15) is 303 Å². The summed E-state index contributed by atoms with van der Waals surface area (Å²) < 4.78 is 23.7. The van der Waals surface area contributed by atoms with E-state index in [2.05, 4.69) is 19.2 Å². The number of nitrogens with one attached hydrogen (secondary N) is 1. The number of nitrogens with zero attached hydrogens (tertiary/aromatic N) is 1. The second kappa shape index (κ2) is 48.5. The Morgan fingerprint density at radius 2 is 0.738 bits per heavy atom. The van der Waals surface area contributed by atoms with E-state index in [1.54, 1.807) is 0 Å². The van der Waals surface area contributed by atoms with Gasteiger partial charge in [0.1, 0.15) is 13.2 Å². The van der Waals surface area contributed by atoms with Crippen molar-refractivity contribution in [1.82, 2.24) is 5.32 Å². The summed E-state index contributed by atoms with van der Waals surface area (Å²) in [4.78, 5) is 23.2. The first kappa shape index (κ1) is 64.5. The Hall–Kier alpha value is -0.500. The number of hydrogen-bond acceptors (Lipinski definition) is 5. The highest BCUT2D eigenvalue weighted by Gasteiger charge is 2.28. The highest BCUT2D eigenvalue weighted by Crippen LogP contribution is 2.43. The van der Waals surface area contributed by atoms with Crippen LogP contribution in [-0.2, 0) is 18.4 Å². The molecule has 0 spiro atoms. The first-order valence-electron chi connectivity index (χ1n) is 28.9. The zero-order valence-electron chi connectivity index (χ0n) is 44.5. The van der Waals surface area contributed by atoms with Gasteiger partial charge < -0.3 is 19.8 Å². The molecule has 0 fully saturated rings. The number of phosphoric acid groups is 1. The first-order valence-corrected chi connectivity index (χ1v) is 30.4. The summed E-state index contributed by atoms with van der Waals surface area (Å²) in [6.45, 7) is 4.92. The van der Waals surface area contributed by atoms with Gasteiger partial charge in [0.15, 0.2) is 0 Å². The molecule has 3 atom stereocenters. The number of phosphoric ester groups is 1. The zero-order chi connectivity index (χ0) is 47.8. The molecule has 390 valence electrons. The maximum Gasteiger partial charge on any atom is 0.472 e. The number of carbonyl (C=O) groups excluding carboxylic acids is 1. The van der Waals surface area contributed by atoms with Gasteiger partial charge in [-0.1, -0.05) is 284 Å². The number of rotatable bonds is 54. The van der Waals surface area contributed by atoms with Gasteiger partial charge in [0.25, 0.3) is 0 Å². The van der Waals surface area contributed by atoms with E-state index in [1.807, 2.05) is 21.1 Å². The van der Waals surface area contributed by atoms with Crippen molar-refractivity contribution in [3.63, 3.8) is 0 Å². The van der Waals surface area contributed by atoms with Crippen LogP contribution >= 0.6 is 7.82 Å². The number of likely N-dealkylation sites (N-methyl/N-ethyl adjacent to an activating group) is 1. The first-order chi connectivity index (χ1) is 31.5. The third-order valence-corrected chi connectivity index (χ3v) is 14.6. The summed E-state index contributed by atoms with van der Waals surface area (Å²) in [6.07, 6.45) is 57.6. The lowest BCUT2D eigenvalue weighted by molar-refractivity contribution is -0.870. The van der Waals surface area contributed by atoms with Crippen LogP contribution in [0.2, 0.25) is 0 Å². The van der Waals surface area contributed by atoms with E-state index >= 15 is 0 Å². The molecule has 0 aromatic heterocycles. The average molecular weight is 945 g/mol. The Kier molecular flexibility index (Phi) is 48.1. The summed E-state index contributed by atoms with van der Waals surface area (Å²) in [7, 11) is 1.63. The minimum Gasteiger partial charge on any atom is -0.391 e.